The summed E-state index contributed by atoms with van der Waals surface area (Å²) in [5.74, 6) is 1.37. The SMILES string of the molecule is C[C@@H]1C[C@@H](Cc2ccc(-c3ccccc3)cc2)CC1=O.C[C@@H]1C[C@@H](Cc2ccc(-c3ccccc3)cc2)N([C@@H](CO)c2ccccc2)C1=O. The Labute approximate surface area is 291 Å². The molecule has 7 rings (SSSR count). The first-order valence-corrected chi connectivity index (χ1v) is 17.7. The largest absolute Gasteiger partial charge is 0.394 e. The molecule has 5 aromatic carbocycles. The molecule has 2 fully saturated rings. The van der Waals surface area contributed by atoms with Gasteiger partial charge >= 0.3 is 0 Å². The molecule has 250 valence electrons. The number of aliphatic hydroxyl groups is 1. The number of carbonyl (C=O) groups is 2. The van der Waals surface area contributed by atoms with Crippen molar-refractivity contribution in [1.82, 2.24) is 4.90 Å². The predicted molar refractivity (Wildman–Crippen MR) is 199 cm³/mol. The first kappa shape index (κ1) is 34.1. The van der Waals surface area contributed by atoms with Crippen LogP contribution in [0.3, 0.4) is 0 Å². The van der Waals surface area contributed by atoms with E-state index in [4.69, 9.17) is 0 Å². The van der Waals surface area contributed by atoms with E-state index in [1.165, 1.54) is 33.4 Å². The lowest BCUT2D eigenvalue weighted by molar-refractivity contribution is -0.135. The maximum Gasteiger partial charge on any atom is 0.226 e. The van der Waals surface area contributed by atoms with Gasteiger partial charge in [0.25, 0.3) is 0 Å². The van der Waals surface area contributed by atoms with Crippen LogP contribution in [-0.4, -0.2) is 34.3 Å². The smallest absolute Gasteiger partial charge is 0.226 e. The van der Waals surface area contributed by atoms with E-state index >= 15 is 0 Å². The van der Waals surface area contributed by atoms with Gasteiger partial charge in [-0.2, -0.15) is 0 Å². The highest BCUT2D eigenvalue weighted by atomic mass is 16.3. The van der Waals surface area contributed by atoms with Crippen molar-refractivity contribution < 1.29 is 14.7 Å². The van der Waals surface area contributed by atoms with Crippen LogP contribution in [0.4, 0.5) is 0 Å². The molecule has 0 bridgehead atoms. The van der Waals surface area contributed by atoms with E-state index in [9.17, 15) is 14.7 Å². The number of carbonyl (C=O) groups excluding carboxylic acids is 2. The van der Waals surface area contributed by atoms with Crippen molar-refractivity contribution in [2.75, 3.05) is 6.61 Å². The molecule has 0 aromatic heterocycles. The molecule has 0 spiro atoms. The van der Waals surface area contributed by atoms with Gasteiger partial charge in [-0.3, -0.25) is 9.59 Å². The van der Waals surface area contributed by atoms with Crippen molar-refractivity contribution in [2.24, 2.45) is 17.8 Å². The Morgan fingerprint density at radius 3 is 1.53 bits per heavy atom. The topological polar surface area (TPSA) is 57.6 Å². The van der Waals surface area contributed by atoms with Gasteiger partial charge in [0.2, 0.25) is 5.91 Å². The van der Waals surface area contributed by atoms with Crippen molar-refractivity contribution >= 4 is 11.7 Å². The molecule has 1 saturated heterocycles. The van der Waals surface area contributed by atoms with Gasteiger partial charge in [0.05, 0.1) is 12.6 Å². The summed E-state index contributed by atoms with van der Waals surface area (Å²) < 4.78 is 0. The molecule has 1 aliphatic carbocycles. The Hall–Kier alpha value is -4.80. The lowest BCUT2D eigenvalue weighted by Crippen LogP contribution is -2.40. The molecular formula is C45H47NO3. The second kappa shape index (κ2) is 16.1. The van der Waals surface area contributed by atoms with Crippen molar-refractivity contribution in [3.05, 3.63) is 156 Å². The number of ketones is 1. The quantitative estimate of drug-likeness (QED) is 0.173. The zero-order valence-corrected chi connectivity index (χ0v) is 28.6. The Morgan fingerprint density at radius 2 is 1.06 bits per heavy atom. The highest BCUT2D eigenvalue weighted by Crippen LogP contribution is 2.35. The molecule has 4 heteroatoms. The second-order valence-electron chi connectivity index (χ2n) is 13.9. The van der Waals surface area contributed by atoms with Gasteiger partial charge in [-0.25, -0.2) is 0 Å². The third-order valence-corrected chi connectivity index (χ3v) is 10.2. The number of hydrogen-bond donors (Lipinski definition) is 1. The second-order valence-corrected chi connectivity index (χ2v) is 13.9. The molecule has 2 aliphatic rings. The lowest BCUT2D eigenvalue weighted by Gasteiger charge is -2.33. The number of amides is 1. The summed E-state index contributed by atoms with van der Waals surface area (Å²) in [7, 11) is 0. The number of benzene rings is 5. The Bertz CT molecular complexity index is 1790. The number of likely N-dealkylation sites (tertiary alicyclic amines) is 1. The molecule has 1 aliphatic heterocycles. The fraction of sp³-hybridized carbons (Fsp3) is 0.289. The van der Waals surface area contributed by atoms with Crippen LogP contribution in [0.5, 0.6) is 0 Å². The molecule has 4 nitrogen and oxygen atoms in total. The maximum absolute atomic E-state index is 12.9. The standard InChI is InChI=1S/C26H27NO2.C19H20O/c1-19-16-24(27(26(19)29)25(18-28)23-10-6-3-7-11-23)17-20-12-14-22(15-13-20)21-8-4-2-5-9-21;1-14-11-16(13-19(14)20)12-15-7-9-18(10-8-15)17-5-3-2-4-6-17/h2-15,19,24-25,28H,16-18H2,1H3;2-10,14,16H,11-13H2,1H3/t19-,24+,25+;14-,16+/m11/s1. The summed E-state index contributed by atoms with van der Waals surface area (Å²) in [5.41, 5.74) is 8.45. The van der Waals surface area contributed by atoms with Crippen LogP contribution in [0, 0.1) is 17.8 Å². The summed E-state index contributed by atoms with van der Waals surface area (Å²) in [5, 5.41) is 10.1. The average molecular weight is 650 g/mol. The lowest BCUT2D eigenvalue weighted by atomic mass is 9.95. The minimum atomic E-state index is -0.290. The molecule has 1 N–H and O–H groups in total. The van der Waals surface area contributed by atoms with Crippen LogP contribution >= 0.6 is 0 Å². The number of Topliss-reactive ketones (excluding diaryl/α,β-unsaturated/α-hetero) is 1. The summed E-state index contributed by atoms with van der Waals surface area (Å²) in [6, 6.07) is 47.8. The minimum Gasteiger partial charge on any atom is -0.394 e. The summed E-state index contributed by atoms with van der Waals surface area (Å²) in [6.45, 7) is 3.99. The molecule has 0 unspecified atom stereocenters. The van der Waals surface area contributed by atoms with Gasteiger partial charge in [-0.05, 0) is 70.5 Å². The van der Waals surface area contributed by atoms with Gasteiger partial charge in [-0.15, -0.1) is 0 Å². The van der Waals surface area contributed by atoms with Gasteiger partial charge in [0.1, 0.15) is 5.78 Å². The van der Waals surface area contributed by atoms with Crippen molar-refractivity contribution in [3.8, 4) is 22.3 Å². The van der Waals surface area contributed by atoms with Crippen LogP contribution in [0.2, 0.25) is 0 Å². The third kappa shape index (κ3) is 8.44. The number of aliphatic hydroxyl groups excluding tert-OH is 1. The van der Waals surface area contributed by atoms with Crippen LogP contribution in [0.25, 0.3) is 22.3 Å². The van der Waals surface area contributed by atoms with Crippen molar-refractivity contribution in [3.63, 3.8) is 0 Å². The number of nitrogens with zero attached hydrogens (tertiary/aromatic N) is 1. The zero-order chi connectivity index (χ0) is 34.2. The fourth-order valence-electron chi connectivity index (χ4n) is 7.56. The highest BCUT2D eigenvalue weighted by molar-refractivity contribution is 5.83. The van der Waals surface area contributed by atoms with Crippen LogP contribution in [0.1, 0.15) is 55.8 Å². The van der Waals surface area contributed by atoms with Gasteiger partial charge in [0.15, 0.2) is 0 Å². The zero-order valence-electron chi connectivity index (χ0n) is 28.6. The first-order chi connectivity index (χ1) is 23.9. The van der Waals surface area contributed by atoms with E-state index in [0.717, 1.165) is 37.7 Å². The van der Waals surface area contributed by atoms with E-state index in [1.807, 2.05) is 66.4 Å². The van der Waals surface area contributed by atoms with E-state index in [0.29, 0.717) is 11.7 Å². The highest BCUT2D eigenvalue weighted by Gasteiger charge is 2.41. The first-order valence-electron chi connectivity index (χ1n) is 17.7. The molecule has 49 heavy (non-hydrogen) atoms. The molecule has 5 atom stereocenters. The van der Waals surface area contributed by atoms with Crippen LogP contribution < -0.4 is 0 Å². The van der Waals surface area contributed by atoms with Gasteiger partial charge < -0.3 is 10.0 Å². The average Bonchev–Trinajstić information content (AvgIpc) is 3.61. The maximum atomic E-state index is 12.9. The summed E-state index contributed by atoms with van der Waals surface area (Å²) in [6.07, 6.45) is 4.48. The number of rotatable bonds is 9. The van der Waals surface area contributed by atoms with Gasteiger partial charge in [0, 0.05) is 24.3 Å². The predicted octanol–water partition coefficient (Wildman–Crippen LogP) is 9.38. The number of hydrogen-bond acceptors (Lipinski definition) is 3. The molecule has 5 aromatic rings. The molecule has 1 heterocycles. The van der Waals surface area contributed by atoms with Gasteiger partial charge in [-0.1, -0.05) is 153 Å². The molecule has 0 radical (unpaired) electrons. The van der Waals surface area contributed by atoms with Crippen LogP contribution in [-0.2, 0) is 22.4 Å². The van der Waals surface area contributed by atoms with Crippen molar-refractivity contribution in [1.29, 1.82) is 0 Å². The van der Waals surface area contributed by atoms with Crippen molar-refractivity contribution in [2.45, 2.75) is 58.0 Å². The summed E-state index contributed by atoms with van der Waals surface area (Å²) >= 11 is 0. The third-order valence-electron chi connectivity index (χ3n) is 10.2. The fourth-order valence-corrected chi connectivity index (χ4v) is 7.56. The van der Waals surface area contributed by atoms with Crippen LogP contribution in [0.15, 0.2) is 140 Å². The van der Waals surface area contributed by atoms with E-state index in [-0.39, 0.29) is 36.4 Å². The molecular weight excluding hydrogens is 602 g/mol. The Morgan fingerprint density at radius 1 is 0.592 bits per heavy atom. The Balaban J connectivity index is 0.000000182. The summed E-state index contributed by atoms with van der Waals surface area (Å²) in [4.78, 5) is 26.5. The van der Waals surface area contributed by atoms with E-state index in [2.05, 4.69) is 91.9 Å². The Kier molecular flexibility index (Phi) is 11.2. The minimum absolute atomic E-state index is 0.0126. The monoisotopic (exact) mass is 649 g/mol. The van der Waals surface area contributed by atoms with E-state index in [1.54, 1.807) is 0 Å². The van der Waals surface area contributed by atoms with E-state index < -0.39 is 0 Å². The molecule has 1 amide bonds. The normalized spacial score (nSPS) is 20.9. The molecule has 1 saturated carbocycles.